The highest BCUT2D eigenvalue weighted by atomic mass is 35.5. The first kappa shape index (κ1) is 34.9. The Hall–Kier alpha value is -5.38. The average Bonchev–Trinajstić information content (AvgIpc) is 3.46. The standard InChI is InChI=1S/C31H21Cl2F3N2O2.C7H6O2/c32-24-12-13-25(26(33)17-24)29-27(14-18-6-10-21(11-7-18)30(39)40)37-28(38-29)15-19-4-8-20(9-5-19)22-2-1-3-23(16-22)31(34,35)36;8-7(9)6-4-2-1-3-5-6/h1-13,16-17H,14-15H2,(H,37,38)(H,39,40);1-5H,(H,8,9). The van der Waals surface area contributed by atoms with Gasteiger partial charge in [0.05, 0.1) is 27.4 Å². The summed E-state index contributed by atoms with van der Waals surface area (Å²) < 4.78 is 39.4. The fourth-order valence-corrected chi connectivity index (χ4v) is 5.51. The summed E-state index contributed by atoms with van der Waals surface area (Å²) in [4.78, 5) is 29.6. The number of rotatable bonds is 8. The second-order valence-corrected chi connectivity index (χ2v) is 11.8. The molecule has 5 aromatic carbocycles. The number of nitrogens with zero attached hydrogens (tertiary/aromatic N) is 1. The molecule has 49 heavy (non-hydrogen) atoms. The number of carboxylic acid groups (broad SMARTS) is 2. The topological polar surface area (TPSA) is 103 Å². The maximum absolute atomic E-state index is 13.1. The van der Waals surface area contributed by atoms with E-state index in [0.717, 1.165) is 29.0 Å². The Kier molecular flexibility index (Phi) is 10.9. The minimum atomic E-state index is -4.41. The quantitative estimate of drug-likeness (QED) is 0.146. The molecule has 6 rings (SSSR count). The lowest BCUT2D eigenvalue weighted by Crippen LogP contribution is -2.04. The third kappa shape index (κ3) is 9.16. The summed E-state index contributed by atoms with van der Waals surface area (Å²) >= 11 is 12.6. The summed E-state index contributed by atoms with van der Waals surface area (Å²) in [5, 5.41) is 18.5. The summed E-state index contributed by atoms with van der Waals surface area (Å²) in [6, 6.07) is 32.6. The summed E-state index contributed by atoms with van der Waals surface area (Å²) in [7, 11) is 0. The van der Waals surface area contributed by atoms with E-state index in [-0.39, 0.29) is 5.56 Å². The van der Waals surface area contributed by atoms with Crippen molar-refractivity contribution in [1.29, 1.82) is 0 Å². The Bertz CT molecular complexity index is 2080. The number of alkyl halides is 3. The highest BCUT2D eigenvalue weighted by Crippen LogP contribution is 2.34. The molecule has 248 valence electrons. The van der Waals surface area contributed by atoms with E-state index >= 15 is 0 Å². The molecular formula is C38H27Cl2F3N2O4. The number of hydrogen-bond acceptors (Lipinski definition) is 3. The van der Waals surface area contributed by atoms with Crippen LogP contribution in [-0.4, -0.2) is 32.1 Å². The lowest BCUT2D eigenvalue weighted by molar-refractivity contribution is -0.137. The number of H-pyrrole nitrogens is 1. The first-order chi connectivity index (χ1) is 23.4. The van der Waals surface area contributed by atoms with Crippen LogP contribution in [0.1, 0.15) is 48.9 Å². The number of aromatic nitrogens is 2. The smallest absolute Gasteiger partial charge is 0.416 e. The molecule has 6 nitrogen and oxygen atoms in total. The molecule has 0 unspecified atom stereocenters. The summed E-state index contributed by atoms with van der Waals surface area (Å²) in [5.74, 6) is -1.20. The molecule has 1 heterocycles. The lowest BCUT2D eigenvalue weighted by atomic mass is 10.0. The van der Waals surface area contributed by atoms with Gasteiger partial charge in [-0.05, 0) is 76.9 Å². The number of benzene rings is 5. The van der Waals surface area contributed by atoms with Crippen molar-refractivity contribution in [2.75, 3.05) is 0 Å². The van der Waals surface area contributed by atoms with Gasteiger partial charge in [-0.3, -0.25) is 0 Å². The molecule has 3 N–H and O–H groups in total. The van der Waals surface area contributed by atoms with Crippen LogP contribution in [0.15, 0.2) is 121 Å². The minimum Gasteiger partial charge on any atom is -0.478 e. The Labute approximate surface area is 289 Å². The number of carboxylic acids is 2. The molecular weight excluding hydrogens is 676 g/mol. The van der Waals surface area contributed by atoms with Crippen molar-refractivity contribution in [3.8, 4) is 22.4 Å². The molecule has 1 aromatic heterocycles. The monoisotopic (exact) mass is 702 g/mol. The maximum Gasteiger partial charge on any atom is 0.416 e. The maximum atomic E-state index is 13.1. The number of carbonyl (C=O) groups is 2. The molecule has 0 radical (unpaired) electrons. The van der Waals surface area contributed by atoms with Gasteiger partial charge in [0.2, 0.25) is 0 Å². The second-order valence-electron chi connectivity index (χ2n) is 10.9. The highest BCUT2D eigenvalue weighted by molar-refractivity contribution is 6.36. The van der Waals surface area contributed by atoms with Gasteiger partial charge in [-0.15, -0.1) is 0 Å². The van der Waals surface area contributed by atoms with Gasteiger partial charge >= 0.3 is 18.1 Å². The molecule has 0 atom stereocenters. The normalized spacial score (nSPS) is 11.0. The van der Waals surface area contributed by atoms with Crippen LogP contribution in [0.3, 0.4) is 0 Å². The van der Waals surface area contributed by atoms with E-state index in [1.165, 1.54) is 6.07 Å². The molecule has 0 fully saturated rings. The van der Waals surface area contributed by atoms with Crippen LogP contribution in [0.4, 0.5) is 13.2 Å². The van der Waals surface area contributed by atoms with Gasteiger partial charge in [0.15, 0.2) is 0 Å². The van der Waals surface area contributed by atoms with Crippen LogP contribution in [0.2, 0.25) is 10.0 Å². The van der Waals surface area contributed by atoms with Crippen molar-refractivity contribution >= 4 is 35.1 Å². The van der Waals surface area contributed by atoms with E-state index in [1.54, 1.807) is 91.0 Å². The number of halogens is 5. The van der Waals surface area contributed by atoms with Crippen molar-refractivity contribution in [2.45, 2.75) is 19.0 Å². The van der Waals surface area contributed by atoms with Crippen molar-refractivity contribution in [2.24, 2.45) is 0 Å². The molecule has 0 amide bonds. The first-order valence-corrected chi connectivity index (χ1v) is 15.5. The number of aromatic carboxylic acids is 2. The number of hydrogen-bond donors (Lipinski definition) is 3. The van der Waals surface area contributed by atoms with Gasteiger partial charge in [-0.2, -0.15) is 13.2 Å². The third-order valence-electron chi connectivity index (χ3n) is 7.47. The van der Waals surface area contributed by atoms with Crippen LogP contribution in [0.5, 0.6) is 0 Å². The van der Waals surface area contributed by atoms with Crippen molar-refractivity contribution in [1.82, 2.24) is 9.97 Å². The molecule has 0 aliphatic carbocycles. The SMILES string of the molecule is O=C(O)c1ccc(Cc2[nH]c(Cc3ccc(-c4cccc(C(F)(F)F)c4)cc3)nc2-c2ccc(Cl)cc2Cl)cc1.O=C(O)c1ccccc1. The van der Waals surface area contributed by atoms with Gasteiger partial charge < -0.3 is 15.2 Å². The van der Waals surface area contributed by atoms with E-state index in [1.807, 2.05) is 12.1 Å². The number of aromatic amines is 1. The molecule has 0 aliphatic heterocycles. The molecule has 0 saturated carbocycles. The molecule has 0 spiro atoms. The summed E-state index contributed by atoms with van der Waals surface area (Å²) in [6.45, 7) is 0. The molecule has 6 aromatic rings. The Morgan fingerprint density at radius 1 is 0.673 bits per heavy atom. The predicted octanol–water partition coefficient (Wildman–Crippen LogP) is 10.3. The Morgan fingerprint density at radius 2 is 1.29 bits per heavy atom. The Balaban J connectivity index is 0.000000452. The third-order valence-corrected chi connectivity index (χ3v) is 8.01. The molecule has 0 bridgehead atoms. The average molecular weight is 704 g/mol. The van der Waals surface area contributed by atoms with Crippen LogP contribution >= 0.6 is 23.2 Å². The number of nitrogens with one attached hydrogen (secondary N) is 1. The van der Waals surface area contributed by atoms with E-state index < -0.39 is 23.7 Å². The van der Waals surface area contributed by atoms with Gasteiger partial charge in [-0.1, -0.05) is 89.9 Å². The fraction of sp³-hybridized carbons (Fsp3) is 0.0789. The molecule has 0 aliphatic rings. The summed E-state index contributed by atoms with van der Waals surface area (Å²) in [6.07, 6.45) is -3.51. The van der Waals surface area contributed by atoms with Crippen LogP contribution < -0.4 is 0 Å². The van der Waals surface area contributed by atoms with E-state index in [0.29, 0.717) is 56.7 Å². The van der Waals surface area contributed by atoms with Crippen molar-refractivity contribution < 1.29 is 33.0 Å². The van der Waals surface area contributed by atoms with E-state index in [2.05, 4.69) is 4.98 Å². The molecule has 11 heteroatoms. The minimum absolute atomic E-state index is 0.198. The van der Waals surface area contributed by atoms with Gasteiger partial charge in [0.25, 0.3) is 0 Å². The second kappa shape index (κ2) is 15.2. The van der Waals surface area contributed by atoms with E-state index in [4.69, 9.17) is 33.3 Å². The number of imidazole rings is 1. The predicted molar refractivity (Wildman–Crippen MR) is 183 cm³/mol. The first-order valence-electron chi connectivity index (χ1n) is 14.8. The zero-order chi connectivity index (χ0) is 35.1. The van der Waals surface area contributed by atoms with E-state index in [9.17, 15) is 27.9 Å². The van der Waals surface area contributed by atoms with Crippen molar-refractivity contribution in [3.63, 3.8) is 0 Å². The summed E-state index contributed by atoms with van der Waals surface area (Å²) in [5.41, 5.74) is 4.94. The Morgan fingerprint density at radius 3 is 1.88 bits per heavy atom. The van der Waals surface area contributed by atoms with Crippen molar-refractivity contribution in [3.05, 3.63) is 171 Å². The highest BCUT2D eigenvalue weighted by Gasteiger charge is 2.30. The fourth-order valence-electron chi connectivity index (χ4n) is 5.01. The van der Waals surface area contributed by atoms with Crippen LogP contribution in [0, 0.1) is 0 Å². The van der Waals surface area contributed by atoms with Gasteiger partial charge in [0, 0.05) is 29.1 Å². The van der Waals surface area contributed by atoms with Gasteiger partial charge in [-0.25, -0.2) is 14.6 Å². The largest absolute Gasteiger partial charge is 0.478 e. The van der Waals surface area contributed by atoms with Crippen LogP contribution in [0.25, 0.3) is 22.4 Å². The molecule has 0 saturated heterocycles. The van der Waals surface area contributed by atoms with Crippen LogP contribution in [-0.2, 0) is 19.0 Å². The van der Waals surface area contributed by atoms with Gasteiger partial charge in [0.1, 0.15) is 5.82 Å². The lowest BCUT2D eigenvalue weighted by Gasteiger charge is -2.09. The zero-order valence-electron chi connectivity index (χ0n) is 25.5. The zero-order valence-corrected chi connectivity index (χ0v) is 27.0.